The number of benzene rings is 2. The number of aryl methyl sites for hydroxylation is 1. The highest BCUT2D eigenvalue weighted by molar-refractivity contribution is 9.10. The molecule has 4 heteroatoms. The van der Waals surface area contributed by atoms with Crippen LogP contribution in [-0.2, 0) is 6.42 Å². The van der Waals surface area contributed by atoms with Gasteiger partial charge in [-0.3, -0.25) is 4.79 Å². The molecule has 0 saturated heterocycles. The number of hydrogen-bond acceptors (Lipinski definition) is 2. The monoisotopic (exact) mass is 343 g/mol. The highest BCUT2D eigenvalue weighted by Gasteiger charge is 2.14. The zero-order valence-electron chi connectivity index (χ0n) is 11.5. The molecule has 0 bridgehead atoms. The van der Waals surface area contributed by atoms with Gasteiger partial charge in [-0.2, -0.15) is 0 Å². The second-order valence-electron chi connectivity index (χ2n) is 4.73. The lowest BCUT2D eigenvalue weighted by molar-refractivity contribution is 0.0998. The Labute approximate surface area is 131 Å². The van der Waals surface area contributed by atoms with Gasteiger partial charge in [0.15, 0.2) is 5.76 Å². The minimum Gasteiger partial charge on any atom is -0.451 e. The van der Waals surface area contributed by atoms with E-state index in [0.29, 0.717) is 11.3 Å². The molecule has 1 heterocycles. The Bertz CT molecular complexity index is 807. The van der Waals surface area contributed by atoms with E-state index in [1.165, 1.54) is 0 Å². The lowest BCUT2D eigenvalue weighted by Crippen LogP contribution is -2.12. The smallest absolute Gasteiger partial charge is 0.291 e. The number of hydrogen-bond donors (Lipinski definition) is 1. The molecule has 3 nitrogen and oxygen atoms in total. The summed E-state index contributed by atoms with van der Waals surface area (Å²) in [6.45, 7) is 2.06. The number of para-hydroxylation sites is 1. The van der Waals surface area contributed by atoms with E-state index in [2.05, 4.69) is 28.2 Å². The molecule has 0 aliphatic carbocycles. The molecule has 106 valence electrons. The molecule has 1 aromatic heterocycles. The number of amides is 1. The van der Waals surface area contributed by atoms with Crippen LogP contribution in [-0.4, -0.2) is 5.91 Å². The van der Waals surface area contributed by atoms with Gasteiger partial charge in [-0.25, -0.2) is 0 Å². The Morgan fingerprint density at radius 2 is 2.00 bits per heavy atom. The summed E-state index contributed by atoms with van der Waals surface area (Å²) in [5, 5.41) is 3.81. The van der Waals surface area contributed by atoms with Crippen molar-refractivity contribution in [3.8, 4) is 0 Å². The maximum atomic E-state index is 12.3. The predicted molar refractivity (Wildman–Crippen MR) is 87.7 cm³/mol. The highest BCUT2D eigenvalue weighted by atomic mass is 79.9. The first-order valence-corrected chi connectivity index (χ1v) is 7.55. The number of anilines is 1. The first kappa shape index (κ1) is 13.9. The summed E-state index contributed by atoms with van der Waals surface area (Å²) in [5.41, 5.74) is 2.62. The molecule has 1 amide bonds. The Morgan fingerprint density at radius 1 is 1.19 bits per heavy atom. The zero-order valence-corrected chi connectivity index (χ0v) is 13.1. The quantitative estimate of drug-likeness (QED) is 0.726. The van der Waals surface area contributed by atoms with Crippen LogP contribution in [0.25, 0.3) is 11.0 Å². The van der Waals surface area contributed by atoms with Gasteiger partial charge >= 0.3 is 0 Å². The van der Waals surface area contributed by atoms with Crippen molar-refractivity contribution in [2.75, 3.05) is 5.32 Å². The fraction of sp³-hybridized carbons (Fsp3) is 0.118. The molecule has 0 saturated carbocycles. The minimum atomic E-state index is -0.237. The number of nitrogens with one attached hydrogen (secondary N) is 1. The Hall–Kier alpha value is -2.07. The summed E-state index contributed by atoms with van der Waals surface area (Å²) >= 11 is 3.46. The van der Waals surface area contributed by atoms with Crippen LogP contribution in [0.4, 0.5) is 5.69 Å². The molecule has 0 atom stereocenters. The van der Waals surface area contributed by atoms with Crippen molar-refractivity contribution in [3.63, 3.8) is 0 Å². The molecule has 0 unspecified atom stereocenters. The molecule has 1 N–H and O–H groups in total. The average molecular weight is 344 g/mol. The van der Waals surface area contributed by atoms with Crippen LogP contribution in [0.2, 0.25) is 0 Å². The summed E-state index contributed by atoms with van der Waals surface area (Å²) in [6.07, 6.45) is 0.863. The van der Waals surface area contributed by atoms with E-state index in [0.717, 1.165) is 27.5 Å². The number of carbonyl (C=O) groups excluding carboxylic acids is 1. The third-order valence-electron chi connectivity index (χ3n) is 3.38. The molecule has 0 aliphatic heterocycles. The number of rotatable bonds is 3. The van der Waals surface area contributed by atoms with Gasteiger partial charge in [0.1, 0.15) is 5.58 Å². The third kappa shape index (κ3) is 2.72. The van der Waals surface area contributed by atoms with Crippen LogP contribution in [0, 0.1) is 0 Å². The second kappa shape index (κ2) is 5.74. The van der Waals surface area contributed by atoms with E-state index in [1.54, 1.807) is 6.07 Å². The molecule has 2 aromatic carbocycles. The van der Waals surface area contributed by atoms with Crippen molar-refractivity contribution in [3.05, 3.63) is 64.3 Å². The van der Waals surface area contributed by atoms with Gasteiger partial charge in [-0.1, -0.05) is 47.1 Å². The summed E-state index contributed by atoms with van der Waals surface area (Å²) in [7, 11) is 0. The molecule has 3 rings (SSSR count). The average Bonchev–Trinajstić information content (AvgIpc) is 2.93. The normalized spacial score (nSPS) is 10.8. The van der Waals surface area contributed by atoms with Crippen molar-refractivity contribution in [2.24, 2.45) is 0 Å². The number of fused-ring (bicyclic) bond motifs is 1. The maximum absolute atomic E-state index is 12.3. The second-order valence-corrected chi connectivity index (χ2v) is 5.58. The van der Waals surface area contributed by atoms with Crippen molar-refractivity contribution >= 4 is 38.5 Å². The summed E-state index contributed by atoms with van der Waals surface area (Å²) in [4.78, 5) is 12.3. The van der Waals surface area contributed by atoms with Crippen molar-refractivity contribution in [2.45, 2.75) is 13.3 Å². The van der Waals surface area contributed by atoms with E-state index >= 15 is 0 Å². The Kier molecular flexibility index (Phi) is 3.80. The van der Waals surface area contributed by atoms with Crippen molar-refractivity contribution in [1.29, 1.82) is 0 Å². The van der Waals surface area contributed by atoms with Gasteiger partial charge < -0.3 is 9.73 Å². The summed E-state index contributed by atoms with van der Waals surface area (Å²) < 4.78 is 6.53. The van der Waals surface area contributed by atoms with Gasteiger partial charge in [-0.15, -0.1) is 0 Å². The van der Waals surface area contributed by atoms with Gasteiger partial charge in [0.05, 0.1) is 0 Å². The van der Waals surface area contributed by atoms with E-state index in [-0.39, 0.29) is 5.91 Å². The SMILES string of the molecule is CCc1ccccc1NC(=O)c1cc2c(Br)cccc2o1. The Morgan fingerprint density at radius 3 is 2.76 bits per heavy atom. The molecule has 0 fully saturated rings. The number of furan rings is 1. The van der Waals surface area contributed by atoms with E-state index in [4.69, 9.17) is 4.42 Å². The maximum Gasteiger partial charge on any atom is 0.291 e. The van der Waals surface area contributed by atoms with Gasteiger partial charge in [0.25, 0.3) is 5.91 Å². The standard InChI is InChI=1S/C17H14BrNO2/c1-2-11-6-3-4-8-14(11)19-17(20)16-10-12-13(18)7-5-9-15(12)21-16/h3-10H,2H2,1H3,(H,19,20). The minimum absolute atomic E-state index is 0.237. The van der Waals surface area contributed by atoms with Gasteiger partial charge in [-0.05, 0) is 36.2 Å². The van der Waals surface area contributed by atoms with Crippen LogP contribution in [0.1, 0.15) is 23.0 Å². The zero-order chi connectivity index (χ0) is 14.8. The van der Waals surface area contributed by atoms with Crippen LogP contribution in [0.5, 0.6) is 0 Å². The molecule has 21 heavy (non-hydrogen) atoms. The first-order valence-electron chi connectivity index (χ1n) is 6.76. The molecule has 0 spiro atoms. The van der Waals surface area contributed by atoms with Gasteiger partial charge in [0.2, 0.25) is 0 Å². The fourth-order valence-electron chi connectivity index (χ4n) is 2.27. The van der Waals surface area contributed by atoms with Crippen molar-refractivity contribution < 1.29 is 9.21 Å². The molecular weight excluding hydrogens is 330 g/mol. The predicted octanol–water partition coefficient (Wildman–Crippen LogP) is 5.01. The molecular formula is C17H14BrNO2. The lowest BCUT2D eigenvalue weighted by atomic mass is 10.1. The summed E-state index contributed by atoms with van der Waals surface area (Å²) in [5.74, 6) is 0.0711. The van der Waals surface area contributed by atoms with Crippen LogP contribution >= 0.6 is 15.9 Å². The van der Waals surface area contributed by atoms with Crippen LogP contribution < -0.4 is 5.32 Å². The topological polar surface area (TPSA) is 42.2 Å². The molecule has 0 radical (unpaired) electrons. The van der Waals surface area contributed by atoms with E-state index < -0.39 is 0 Å². The van der Waals surface area contributed by atoms with Crippen molar-refractivity contribution in [1.82, 2.24) is 0 Å². The number of carbonyl (C=O) groups is 1. The van der Waals surface area contributed by atoms with Crippen LogP contribution in [0.3, 0.4) is 0 Å². The largest absolute Gasteiger partial charge is 0.451 e. The first-order chi connectivity index (χ1) is 10.2. The van der Waals surface area contributed by atoms with Gasteiger partial charge in [0, 0.05) is 15.5 Å². The molecule has 3 aromatic rings. The number of halogens is 1. The fourth-order valence-corrected chi connectivity index (χ4v) is 2.73. The van der Waals surface area contributed by atoms with E-state index in [1.807, 2.05) is 42.5 Å². The highest BCUT2D eigenvalue weighted by Crippen LogP contribution is 2.27. The third-order valence-corrected chi connectivity index (χ3v) is 4.07. The Balaban J connectivity index is 1.92. The van der Waals surface area contributed by atoms with E-state index in [9.17, 15) is 4.79 Å². The van der Waals surface area contributed by atoms with Crippen LogP contribution in [0.15, 0.2) is 57.4 Å². The summed E-state index contributed by atoms with van der Waals surface area (Å²) in [6, 6.07) is 15.2. The lowest BCUT2D eigenvalue weighted by Gasteiger charge is -2.07. The molecule has 0 aliphatic rings.